The van der Waals surface area contributed by atoms with Crippen LogP contribution in [0.25, 0.3) is 22.6 Å². The van der Waals surface area contributed by atoms with Gasteiger partial charge in [0.25, 0.3) is 0 Å². The molecule has 142 valence electrons. The van der Waals surface area contributed by atoms with E-state index in [1.807, 2.05) is 6.07 Å². The van der Waals surface area contributed by atoms with Crippen molar-refractivity contribution in [3.05, 3.63) is 41.7 Å². The number of fused-ring (bicyclic) bond motifs is 1. The van der Waals surface area contributed by atoms with E-state index in [4.69, 9.17) is 4.42 Å². The van der Waals surface area contributed by atoms with Gasteiger partial charge in [0.1, 0.15) is 5.52 Å². The van der Waals surface area contributed by atoms with Crippen molar-refractivity contribution >= 4 is 16.8 Å². The first-order valence-corrected chi connectivity index (χ1v) is 8.29. The minimum Gasteiger partial charge on any atom is -0.505 e. The molecule has 0 saturated carbocycles. The SMILES string of the molecule is Oc1cc(-c2nc3ccc(N4CCNCC4)cc3o2)cc(C(F)(F)F)c1F. The zero-order chi connectivity index (χ0) is 19.2. The Balaban J connectivity index is 1.75. The van der Waals surface area contributed by atoms with Crippen LogP contribution in [-0.2, 0) is 6.18 Å². The summed E-state index contributed by atoms with van der Waals surface area (Å²) in [6.45, 7) is 3.37. The van der Waals surface area contributed by atoms with Crippen LogP contribution in [0.1, 0.15) is 5.56 Å². The maximum atomic E-state index is 13.6. The second kappa shape index (κ2) is 6.41. The lowest BCUT2D eigenvalue weighted by Gasteiger charge is -2.29. The van der Waals surface area contributed by atoms with Gasteiger partial charge in [-0.15, -0.1) is 0 Å². The van der Waals surface area contributed by atoms with Crippen LogP contribution in [-0.4, -0.2) is 36.3 Å². The highest BCUT2D eigenvalue weighted by atomic mass is 19.4. The molecule has 2 heterocycles. The van der Waals surface area contributed by atoms with Gasteiger partial charge in [-0.1, -0.05) is 0 Å². The van der Waals surface area contributed by atoms with E-state index in [9.17, 15) is 22.7 Å². The molecule has 0 unspecified atom stereocenters. The molecule has 1 saturated heterocycles. The number of nitrogens with zero attached hydrogens (tertiary/aromatic N) is 2. The van der Waals surface area contributed by atoms with Gasteiger partial charge in [-0.3, -0.25) is 0 Å². The summed E-state index contributed by atoms with van der Waals surface area (Å²) < 4.78 is 58.1. The average Bonchev–Trinajstić information content (AvgIpc) is 3.07. The molecule has 0 atom stereocenters. The Bertz CT molecular complexity index is 994. The monoisotopic (exact) mass is 381 g/mol. The number of hydrogen-bond donors (Lipinski definition) is 2. The molecule has 1 aliphatic heterocycles. The van der Waals surface area contributed by atoms with Gasteiger partial charge in [0, 0.05) is 43.5 Å². The molecule has 0 aliphatic carbocycles. The van der Waals surface area contributed by atoms with E-state index < -0.39 is 23.3 Å². The van der Waals surface area contributed by atoms with Crippen molar-refractivity contribution < 1.29 is 27.1 Å². The van der Waals surface area contributed by atoms with Crippen LogP contribution in [0.5, 0.6) is 5.75 Å². The van der Waals surface area contributed by atoms with Crippen molar-refractivity contribution in [1.29, 1.82) is 0 Å². The van der Waals surface area contributed by atoms with E-state index in [1.165, 1.54) is 0 Å². The van der Waals surface area contributed by atoms with Gasteiger partial charge in [-0.2, -0.15) is 13.2 Å². The van der Waals surface area contributed by atoms with Gasteiger partial charge < -0.3 is 19.7 Å². The predicted octanol–water partition coefficient (Wildman–Crippen LogP) is 3.77. The first-order valence-electron chi connectivity index (χ1n) is 8.29. The highest BCUT2D eigenvalue weighted by Crippen LogP contribution is 2.38. The number of anilines is 1. The maximum Gasteiger partial charge on any atom is 0.419 e. The van der Waals surface area contributed by atoms with Gasteiger partial charge in [-0.05, 0) is 24.3 Å². The summed E-state index contributed by atoms with van der Waals surface area (Å²) in [4.78, 5) is 6.32. The Morgan fingerprint density at radius 3 is 2.56 bits per heavy atom. The molecule has 0 radical (unpaired) electrons. The van der Waals surface area contributed by atoms with Crippen molar-refractivity contribution in [3.8, 4) is 17.2 Å². The fourth-order valence-electron chi connectivity index (χ4n) is 3.10. The number of alkyl halides is 3. The standard InChI is InChI=1S/C18H15F4N3O2/c19-16-12(18(20,21)22)7-10(8-14(16)26)17-24-13-2-1-11(9-15(13)27-17)25-5-3-23-4-6-25/h1-2,7-9,23,26H,3-6H2. The van der Waals surface area contributed by atoms with E-state index in [-0.39, 0.29) is 11.5 Å². The molecule has 1 fully saturated rings. The molecule has 1 aromatic heterocycles. The van der Waals surface area contributed by atoms with Crippen LogP contribution in [0.2, 0.25) is 0 Å². The molecule has 2 aromatic carbocycles. The lowest BCUT2D eigenvalue weighted by Crippen LogP contribution is -2.43. The largest absolute Gasteiger partial charge is 0.505 e. The summed E-state index contributed by atoms with van der Waals surface area (Å²) in [7, 11) is 0. The summed E-state index contributed by atoms with van der Waals surface area (Å²) in [5, 5.41) is 12.8. The van der Waals surface area contributed by atoms with Crippen LogP contribution >= 0.6 is 0 Å². The molecular formula is C18H15F4N3O2. The molecule has 2 N–H and O–H groups in total. The fraction of sp³-hybridized carbons (Fsp3) is 0.278. The lowest BCUT2D eigenvalue weighted by atomic mass is 10.1. The van der Waals surface area contributed by atoms with Gasteiger partial charge >= 0.3 is 6.18 Å². The number of phenolic OH excluding ortho intramolecular Hbond substituents is 1. The molecule has 3 aromatic rings. The van der Waals surface area contributed by atoms with Crippen LogP contribution in [0.15, 0.2) is 34.7 Å². The molecule has 5 nitrogen and oxygen atoms in total. The van der Waals surface area contributed by atoms with Crippen LogP contribution < -0.4 is 10.2 Å². The topological polar surface area (TPSA) is 61.5 Å². The van der Waals surface area contributed by atoms with Crippen molar-refractivity contribution in [3.63, 3.8) is 0 Å². The highest BCUT2D eigenvalue weighted by molar-refractivity contribution is 5.80. The van der Waals surface area contributed by atoms with E-state index >= 15 is 0 Å². The van der Waals surface area contributed by atoms with Gasteiger partial charge in [0.15, 0.2) is 17.1 Å². The number of aromatic nitrogens is 1. The number of hydrogen-bond acceptors (Lipinski definition) is 5. The van der Waals surface area contributed by atoms with Crippen molar-refractivity contribution in [2.24, 2.45) is 0 Å². The Morgan fingerprint density at radius 1 is 1.11 bits per heavy atom. The first kappa shape index (κ1) is 17.6. The smallest absolute Gasteiger partial charge is 0.419 e. The van der Waals surface area contributed by atoms with Gasteiger partial charge in [-0.25, -0.2) is 9.37 Å². The van der Waals surface area contributed by atoms with Gasteiger partial charge in [0.2, 0.25) is 5.89 Å². The van der Waals surface area contributed by atoms with Crippen molar-refractivity contribution in [2.45, 2.75) is 6.18 Å². The quantitative estimate of drug-likeness (QED) is 0.662. The summed E-state index contributed by atoms with van der Waals surface area (Å²) >= 11 is 0. The lowest BCUT2D eigenvalue weighted by molar-refractivity contribution is -0.140. The zero-order valence-corrected chi connectivity index (χ0v) is 14.0. The third-order valence-electron chi connectivity index (χ3n) is 4.46. The molecular weight excluding hydrogens is 366 g/mol. The molecule has 0 bridgehead atoms. The molecule has 1 aliphatic rings. The number of piperazine rings is 1. The molecule has 4 rings (SSSR count). The van der Waals surface area contributed by atoms with E-state index in [0.717, 1.165) is 37.9 Å². The number of phenols is 1. The zero-order valence-electron chi connectivity index (χ0n) is 14.0. The maximum absolute atomic E-state index is 13.6. The Labute approximate surface area is 151 Å². The van der Waals surface area contributed by atoms with Crippen molar-refractivity contribution in [2.75, 3.05) is 31.1 Å². The normalized spacial score (nSPS) is 15.5. The number of oxazole rings is 1. The average molecular weight is 381 g/mol. The number of rotatable bonds is 2. The third-order valence-corrected chi connectivity index (χ3v) is 4.46. The summed E-state index contributed by atoms with van der Waals surface area (Å²) in [6, 6.07) is 6.80. The Morgan fingerprint density at radius 2 is 1.85 bits per heavy atom. The number of benzene rings is 2. The number of halogens is 4. The van der Waals surface area contributed by atoms with Crippen LogP contribution in [0.4, 0.5) is 23.2 Å². The minimum absolute atomic E-state index is 0.122. The molecule has 27 heavy (non-hydrogen) atoms. The van der Waals surface area contributed by atoms with E-state index in [1.54, 1.807) is 12.1 Å². The predicted molar refractivity (Wildman–Crippen MR) is 91.2 cm³/mol. The van der Waals surface area contributed by atoms with E-state index in [0.29, 0.717) is 17.2 Å². The first-order chi connectivity index (χ1) is 12.8. The highest BCUT2D eigenvalue weighted by Gasteiger charge is 2.36. The van der Waals surface area contributed by atoms with Crippen molar-refractivity contribution in [1.82, 2.24) is 10.3 Å². The summed E-state index contributed by atoms with van der Waals surface area (Å²) in [6.07, 6.45) is -4.95. The molecule has 0 spiro atoms. The second-order valence-corrected chi connectivity index (χ2v) is 6.26. The van der Waals surface area contributed by atoms with E-state index in [2.05, 4.69) is 15.2 Å². The summed E-state index contributed by atoms with van der Waals surface area (Å²) in [5.74, 6) is -2.95. The molecule has 0 amide bonds. The minimum atomic E-state index is -4.95. The van der Waals surface area contributed by atoms with Crippen LogP contribution in [0, 0.1) is 5.82 Å². The van der Waals surface area contributed by atoms with Gasteiger partial charge in [0.05, 0.1) is 5.56 Å². The third kappa shape index (κ3) is 3.30. The Kier molecular flexibility index (Phi) is 4.18. The number of aromatic hydroxyl groups is 1. The molecule has 9 heteroatoms. The Hall–Kier alpha value is -2.81. The summed E-state index contributed by atoms with van der Waals surface area (Å²) in [5.41, 5.74) is 0.0618. The fourth-order valence-corrected chi connectivity index (χ4v) is 3.10. The number of nitrogens with one attached hydrogen (secondary N) is 1. The van der Waals surface area contributed by atoms with Crippen LogP contribution in [0.3, 0.4) is 0 Å². The second-order valence-electron chi connectivity index (χ2n) is 6.26.